The largest absolute Gasteiger partial charge is 0.302 e. The Balaban J connectivity index is 1.22. The van der Waals surface area contributed by atoms with E-state index in [-0.39, 0.29) is 30.7 Å². The number of nitrogens with zero attached hydrogens (tertiary/aromatic N) is 3. The molecular weight excluding hydrogens is 400 g/mol. The van der Waals surface area contributed by atoms with Crippen molar-refractivity contribution in [1.82, 2.24) is 14.8 Å². The molecule has 1 N–H and O–H groups in total. The number of amides is 3. The van der Waals surface area contributed by atoms with Crippen LogP contribution in [0.25, 0.3) is 0 Å². The molecule has 2 aliphatic heterocycles. The Morgan fingerprint density at radius 3 is 2.50 bits per heavy atom. The Morgan fingerprint density at radius 2 is 1.83 bits per heavy atom. The third-order valence-corrected chi connectivity index (χ3v) is 6.53. The van der Waals surface area contributed by atoms with Crippen LogP contribution in [0.2, 0.25) is 0 Å². The van der Waals surface area contributed by atoms with Crippen molar-refractivity contribution in [2.45, 2.75) is 39.2 Å². The molecule has 8 heteroatoms. The minimum absolute atomic E-state index is 0.153. The number of imide groups is 1. The zero-order valence-electron chi connectivity index (χ0n) is 17.1. The standard InChI is InChI=1S/C22H26N4O3S/c1-15-8-11-25(12-9-15)13-16-14-30-22(23-16)24-19(27)7-4-10-26-20(28)17-5-2-3-6-18(17)21(26)29/h2-3,5-6,14-15H,4,7-13H2,1H3,(H,23,24,27). The number of hydrogen-bond acceptors (Lipinski definition) is 6. The minimum Gasteiger partial charge on any atom is -0.302 e. The van der Waals surface area contributed by atoms with Crippen LogP contribution in [0, 0.1) is 5.92 Å². The van der Waals surface area contributed by atoms with Gasteiger partial charge in [-0.3, -0.25) is 24.2 Å². The van der Waals surface area contributed by atoms with Gasteiger partial charge in [0.2, 0.25) is 5.91 Å². The highest BCUT2D eigenvalue weighted by Gasteiger charge is 2.34. The number of hydrogen-bond donors (Lipinski definition) is 1. The number of nitrogens with one attached hydrogen (secondary N) is 1. The van der Waals surface area contributed by atoms with Crippen LogP contribution in [0.15, 0.2) is 29.6 Å². The zero-order valence-corrected chi connectivity index (χ0v) is 17.9. The molecule has 0 spiro atoms. The number of aromatic nitrogens is 1. The molecule has 1 aromatic carbocycles. The van der Waals surface area contributed by atoms with Gasteiger partial charge in [-0.15, -0.1) is 11.3 Å². The maximum absolute atomic E-state index is 12.4. The number of carbonyl (C=O) groups is 3. The van der Waals surface area contributed by atoms with E-state index in [0.717, 1.165) is 31.2 Å². The summed E-state index contributed by atoms with van der Waals surface area (Å²) >= 11 is 1.43. The van der Waals surface area contributed by atoms with Crippen LogP contribution in [-0.2, 0) is 11.3 Å². The molecule has 7 nitrogen and oxygen atoms in total. The molecule has 1 fully saturated rings. The number of piperidine rings is 1. The van der Waals surface area contributed by atoms with Crippen LogP contribution in [-0.4, -0.2) is 52.1 Å². The van der Waals surface area contributed by atoms with Gasteiger partial charge in [0.15, 0.2) is 5.13 Å². The number of benzene rings is 1. The molecule has 1 aromatic heterocycles. The second-order valence-corrected chi connectivity index (χ2v) is 8.92. The minimum atomic E-state index is -0.285. The lowest BCUT2D eigenvalue weighted by atomic mass is 9.99. The Kier molecular flexibility index (Phi) is 6.24. The van der Waals surface area contributed by atoms with Gasteiger partial charge in [0.25, 0.3) is 11.8 Å². The normalized spacial score (nSPS) is 17.4. The molecular formula is C22H26N4O3S. The Hall–Kier alpha value is -2.58. The van der Waals surface area contributed by atoms with Crippen molar-refractivity contribution < 1.29 is 14.4 Å². The summed E-state index contributed by atoms with van der Waals surface area (Å²) in [6.07, 6.45) is 3.09. The van der Waals surface area contributed by atoms with Gasteiger partial charge in [-0.25, -0.2) is 4.98 Å². The zero-order chi connectivity index (χ0) is 21.1. The van der Waals surface area contributed by atoms with E-state index in [1.807, 2.05) is 5.38 Å². The molecule has 0 atom stereocenters. The molecule has 158 valence electrons. The highest BCUT2D eigenvalue weighted by Crippen LogP contribution is 2.23. The van der Waals surface area contributed by atoms with Crippen LogP contribution in [0.4, 0.5) is 5.13 Å². The Morgan fingerprint density at radius 1 is 1.17 bits per heavy atom. The number of fused-ring (bicyclic) bond motifs is 1. The van der Waals surface area contributed by atoms with Crippen LogP contribution < -0.4 is 5.32 Å². The van der Waals surface area contributed by atoms with Crippen molar-refractivity contribution in [1.29, 1.82) is 0 Å². The van der Waals surface area contributed by atoms with Gasteiger partial charge >= 0.3 is 0 Å². The summed E-state index contributed by atoms with van der Waals surface area (Å²) in [6, 6.07) is 6.81. The van der Waals surface area contributed by atoms with Gasteiger partial charge in [-0.05, 0) is 50.4 Å². The molecule has 0 aliphatic carbocycles. The fraction of sp³-hybridized carbons (Fsp3) is 0.455. The van der Waals surface area contributed by atoms with E-state index < -0.39 is 0 Å². The number of carbonyl (C=O) groups excluding carboxylic acids is 3. The first-order valence-corrected chi connectivity index (χ1v) is 11.3. The molecule has 2 aliphatic rings. The van der Waals surface area contributed by atoms with Crippen molar-refractivity contribution in [3.63, 3.8) is 0 Å². The fourth-order valence-corrected chi connectivity index (χ4v) is 4.63. The van der Waals surface area contributed by atoms with Crippen LogP contribution >= 0.6 is 11.3 Å². The van der Waals surface area contributed by atoms with Crippen molar-refractivity contribution >= 4 is 34.2 Å². The molecule has 3 amide bonds. The Bertz CT molecular complexity index is 914. The highest BCUT2D eigenvalue weighted by molar-refractivity contribution is 7.13. The van der Waals surface area contributed by atoms with E-state index >= 15 is 0 Å². The van der Waals surface area contributed by atoms with Gasteiger partial charge in [0.05, 0.1) is 16.8 Å². The lowest BCUT2D eigenvalue weighted by Gasteiger charge is -2.29. The van der Waals surface area contributed by atoms with Crippen molar-refractivity contribution in [3.05, 3.63) is 46.5 Å². The lowest BCUT2D eigenvalue weighted by molar-refractivity contribution is -0.116. The molecule has 4 rings (SSSR count). The van der Waals surface area contributed by atoms with E-state index in [2.05, 4.69) is 22.1 Å². The smallest absolute Gasteiger partial charge is 0.261 e. The predicted octanol–water partition coefficient (Wildman–Crippen LogP) is 3.39. The maximum Gasteiger partial charge on any atom is 0.261 e. The molecule has 0 radical (unpaired) electrons. The Labute approximate surface area is 180 Å². The van der Waals surface area contributed by atoms with Crippen molar-refractivity contribution in [3.8, 4) is 0 Å². The summed E-state index contributed by atoms with van der Waals surface area (Å²) in [6.45, 7) is 5.54. The summed E-state index contributed by atoms with van der Waals surface area (Å²) in [5.74, 6) is 0.0755. The highest BCUT2D eigenvalue weighted by atomic mass is 32.1. The molecule has 2 aromatic rings. The van der Waals surface area contributed by atoms with Crippen LogP contribution in [0.3, 0.4) is 0 Å². The summed E-state index contributed by atoms with van der Waals surface area (Å²) in [7, 11) is 0. The predicted molar refractivity (Wildman–Crippen MR) is 115 cm³/mol. The van der Waals surface area contributed by atoms with Gasteiger partial charge in [-0.2, -0.15) is 0 Å². The summed E-state index contributed by atoms with van der Waals surface area (Å²) in [5.41, 5.74) is 1.85. The van der Waals surface area contributed by atoms with Gasteiger partial charge < -0.3 is 5.32 Å². The topological polar surface area (TPSA) is 82.6 Å². The number of likely N-dealkylation sites (tertiary alicyclic amines) is 1. The number of rotatable bonds is 7. The first-order valence-electron chi connectivity index (χ1n) is 10.4. The van der Waals surface area contributed by atoms with Gasteiger partial charge in [-0.1, -0.05) is 19.1 Å². The SMILES string of the molecule is CC1CCN(Cc2csc(NC(=O)CCCN3C(=O)c4ccccc4C3=O)n2)CC1. The average Bonchev–Trinajstić information content (AvgIpc) is 3.27. The summed E-state index contributed by atoms with van der Waals surface area (Å²) in [5, 5.41) is 5.42. The number of anilines is 1. The summed E-state index contributed by atoms with van der Waals surface area (Å²) < 4.78 is 0. The third kappa shape index (κ3) is 4.60. The lowest BCUT2D eigenvalue weighted by Crippen LogP contribution is -2.32. The fourth-order valence-electron chi connectivity index (χ4n) is 3.91. The third-order valence-electron chi connectivity index (χ3n) is 5.72. The van der Waals surface area contributed by atoms with Crippen LogP contribution in [0.5, 0.6) is 0 Å². The van der Waals surface area contributed by atoms with E-state index in [1.54, 1.807) is 24.3 Å². The first-order chi connectivity index (χ1) is 14.5. The molecule has 30 heavy (non-hydrogen) atoms. The average molecular weight is 427 g/mol. The molecule has 0 unspecified atom stereocenters. The van der Waals surface area contributed by atoms with Gasteiger partial charge in [0, 0.05) is 24.9 Å². The second kappa shape index (κ2) is 9.06. The van der Waals surface area contributed by atoms with E-state index in [1.165, 1.54) is 29.1 Å². The van der Waals surface area contributed by atoms with Crippen LogP contribution in [0.1, 0.15) is 59.0 Å². The quantitative estimate of drug-likeness (QED) is 0.686. The maximum atomic E-state index is 12.4. The molecule has 0 bridgehead atoms. The van der Waals surface area contributed by atoms with E-state index in [0.29, 0.717) is 22.7 Å². The molecule has 0 saturated carbocycles. The first kappa shape index (κ1) is 20.7. The number of thiazole rings is 1. The van der Waals surface area contributed by atoms with Gasteiger partial charge in [0.1, 0.15) is 0 Å². The summed E-state index contributed by atoms with van der Waals surface area (Å²) in [4.78, 5) is 45.1. The van der Waals surface area contributed by atoms with E-state index in [9.17, 15) is 14.4 Å². The molecule has 3 heterocycles. The van der Waals surface area contributed by atoms with Crippen molar-refractivity contribution in [2.24, 2.45) is 5.92 Å². The van der Waals surface area contributed by atoms with E-state index in [4.69, 9.17) is 0 Å². The monoisotopic (exact) mass is 426 g/mol. The molecule has 1 saturated heterocycles. The van der Waals surface area contributed by atoms with Crippen molar-refractivity contribution in [2.75, 3.05) is 25.0 Å². The second-order valence-electron chi connectivity index (χ2n) is 8.06.